The minimum atomic E-state index is 0.548. The summed E-state index contributed by atoms with van der Waals surface area (Å²) in [6, 6.07) is 88.3. The predicted octanol–water partition coefficient (Wildman–Crippen LogP) is 16.1. The molecule has 3 aromatic heterocycles. The average Bonchev–Trinajstić information content (AvgIpc) is 3.95. The Bertz CT molecular complexity index is 4020. The average molecular weight is 868 g/mol. The first-order chi connectivity index (χ1) is 33.7. The molecule has 10 aromatic carbocycles. The van der Waals surface area contributed by atoms with E-state index in [9.17, 15) is 0 Å². The number of hydrogen-bond acceptors (Lipinski definition) is 3. The molecule has 318 valence electrons. The summed E-state index contributed by atoms with van der Waals surface area (Å²) in [4.78, 5) is 16.0. The first-order valence-electron chi connectivity index (χ1n) is 23.0. The number of para-hydroxylation sites is 3. The number of benzene rings is 10. The van der Waals surface area contributed by atoms with E-state index in [1.807, 2.05) is 24.3 Å². The Hall–Kier alpha value is -9.19. The fourth-order valence-electron chi connectivity index (χ4n) is 10.1. The van der Waals surface area contributed by atoms with E-state index in [1.54, 1.807) is 0 Å². The third-order valence-electron chi connectivity index (χ3n) is 13.2. The Balaban J connectivity index is 1.09. The van der Waals surface area contributed by atoms with Crippen molar-refractivity contribution in [2.75, 3.05) is 0 Å². The van der Waals surface area contributed by atoms with E-state index in [4.69, 9.17) is 15.0 Å². The first kappa shape index (κ1) is 39.2. The number of aromatic nitrogens is 5. The lowest BCUT2D eigenvalue weighted by atomic mass is 9.92. The highest BCUT2D eigenvalue weighted by Gasteiger charge is 2.25. The Kier molecular flexibility index (Phi) is 9.43. The Morgan fingerprint density at radius 2 is 0.676 bits per heavy atom. The topological polar surface area (TPSA) is 48.5 Å². The van der Waals surface area contributed by atoms with Crippen molar-refractivity contribution in [1.29, 1.82) is 0 Å². The number of fused-ring (bicyclic) bond motifs is 7. The van der Waals surface area contributed by atoms with Crippen molar-refractivity contribution in [3.63, 3.8) is 0 Å². The summed E-state index contributed by atoms with van der Waals surface area (Å²) < 4.78 is 4.74. The maximum atomic E-state index is 5.44. The molecule has 13 rings (SSSR count). The van der Waals surface area contributed by atoms with Gasteiger partial charge in [-0.05, 0) is 69.3 Å². The zero-order chi connectivity index (χ0) is 45.0. The van der Waals surface area contributed by atoms with Crippen LogP contribution in [0, 0.1) is 0 Å². The molecular weight excluding hydrogens is 827 g/mol. The van der Waals surface area contributed by atoms with Crippen LogP contribution in [-0.2, 0) is 0 Å². The monoisotopic (exact) mass is 867 g/mol. The molecule has 0 aliphatic rings. The van der Waals surface area contributed by atoms with E-state index in [1.165, 1.54) is 22.1 Å². The van der Waals surface area contributed by atoms with E-state index >= 15 is 0 Å². The van der Waals surface area contributed by atoms with Gasteiger partial charge in [-0.15, -0.1) is 0 Å². The quantitative estimate of drug-likeness (QED) is 0.153. The summed E-state index contributed by atoms with van der Waals surface area (Å²) in [6.45, 7) is 0. The second kappa shape index (κ2) is 16.4. The van der Waals surface area contributed by atoms with E-state index in [2.05, 4.69) is 234 Å². The van der Waals surface area contributed by atoms with E-state index in [0.717, 1.165) is 82.9 Å². The van der Waals surface area contributed by atoms with Gasteiger partial charge in [0, 0.05) is 38.2 Å². The molecule has 0 radical (unpaired) electrons. The molecule has 0 unspecified atom stereocenters. The molecule has 0 bridgehead atoms. The van der Waals surface area contributed by atoms with Crippen LogP contribution in [0.25, 0.3) is 123 Å². The van der Waals surface area contributed by atoms with Crippen LogP contribution in [-0.4, -0.2) is 24.1 Å². The Morgan fingerprint density at radius 3 is 1.31 bits per heavy atom. The van der Waals surface area contributed by atoms with Crippen molar-refractivity contribution in [3.05, 3.63) is 249 Å². The molecule has 13 aromatic rings. The molecule has 3 heterocycles. The van der Waals surface area contributed by atoms with Gasteiger partial charge in [-0.2, -0.15) is 9.97 Å². The second-order valence-electron chi connectivity index (χ2n) is 17.2. The van der Waals surface area contributed by atoms with Gasteiger partial charge in [0.2, 0.25) is 5.95 Å². The molecule has 0 amide bonds. The van der Waals surface area contributed by atoms with Crippen LogP contribution in [0.1, 0.15) is 0 Å². The zero-order valence-corrected chi connectivity index (χ0v) is 36.9. The van der Waals surface area contributed by atoms with Crippen LogP contribution in [0.2, 0.25) is 0 Å². The normalized spacial score (nSPS) is 11.5. The molecule has 0 N–H and O–H groups in total. The smallest absolute Gasteiger partial charge is 0.238 e. The van der Waals surface area contributed by atoms with Crippen LogP contribution >= 0.6 is 0 Å². The molecular formula is C63H41N5. The number of nitrogens with zero attached hydrogens (tertiary/aromatic N) is 5. The molecule has 0 saturated carbocycles. The van der Waals surface area contributed by atoms with Crippen LogP contribution in [0.15, 0.2) is 249 Å². The van der Waals surface area contributed by atoms with Crippen molar-refractivity contribution in [3.8, 4) is 78.9 Å². The van der Waals surface area contributed by atoms with Gasteiger partial charge >= 0.3 is 0 Å². The standard InChI is InChI=1S/C63H41N5/c1-4-20-42(21-5-1)45-26-18-28-47(40-45)49-30-10-11-31-50(49)51-32-12-15-35-56(51)67-57-36-16-13-33-52(57)54-38-39-55-53-34-14-17-37-58(53)68(60(55)59(54)67)63-65-61(44-24-8-3-9-25-44)64-62(66-63)48-29-19-27-46(41-48)43-22-6-2-7-23-43/h1-41H. The molecule has 0 aliphatic carbocycles. The summed E-state index contributed by atoms with van der Waals surface area (Å²) in [5, 5.41) is 4.54. The van der Waals surface area contributed by atoms with Crippen molar-refractivity contribution >= 4 is 43.6 Å². The number of rotatable bonds is 8. The van der Waals surface area contributed by atoms with Gasteiger partial charge in [0.15, 0.2) is 11.6 Å². The predicted molar refractivity (Wildman–Crippen MR) is 281 cm³/mol. The second-order valence-corrected chi connectivity index (χ2v) is 17.2. The maximum Gasteiger partial charge on any atom is 0.238 e. The Labute approximate surface area is 393 Å². The maximum absolute atomic E-state index is 5.44. The highest BCUT2D eigenvalue weighted by molar-refractivity contribution is 6.24. The third-order valence-corrected chi connectivity index (χ3v) is 13.2. The largest absolute Gasteiger partial charge is 0.307 e. The van der Waals surface area contributed by atoms with Crippen LogP contribution < -0.4 is 0 Å². The van der Waals surface area contributed by atoms with Gasteiger partial charge in [0.1, 0.15) is 0 Å². The van der Waals surface area contributed by atoms with Gasteiger partial charge in [-0.25, -0.2) is 4.98 Å². The molecule has 0 atom stereocenters. The number of hydrogen-bond donors (Lipinski definition) is 0. The minimum Gasteiger partial charge on any atom is -0.307 e. The fourth-order valence-corrected chi connectivity index (χ4v) is 10.1. The first-order valence-corrected chi connectivity index (χ1v) is 23.0. The fraction of sp³-hybridized carbons (Fsp3) is 0. The highest BCUT2D eigenvalue weighted by atomic mass is 15.2. The van der Waals surface area contributed by atoms with Crippen molar-refractivity contribution in [2.45, 2.75) is 0 Å². The van der Waals surface area contributed by atoms with Crippen LogP contribution in [0.5, 0.6) is 0 Å². The lowest BCUT2D eigenvalue weighted by Crippen LogP contribution is -2.07. The molecule has 5 heteroatoms. The molecule has 0 fully saturated rings. The van der Waals surface area contributed by atoms with E-state index in [0.29, 0.717) is 17.6 Å². The van der Waals surface area contributed by atoms with Gasteiger partial charge in [0.05, 0.1) is 27.8 Å². The third kappa shape index (κ3) is 6.59. The summed E-state index contributed by atoms with van der Waals surface area (Å²) in [7, 11) is 0. The summed E-state index contributed by atoms with van der Waals surface area (Å²) in [6.07, 6.45) is 0. The van der Waals surface area contributed by atoms with Gasteiger partial charge < -0.3 is 4.57 Å². The summed E-state index contributed by atoms with van der Waals surface area (Å²) in [5.74, 6) is 1.75. The van der Waals surface area contributed by atoms with Crippen LogP contribution in [0.3, 0.4) is 0 Å². The SMILES string of the molecule is c1ccc(-c2cccc(-c3nc(-c4ccccc4)nc(-n4c5ccccc5c5ccc6c7ccccc7n(-c7ccccc7-c7ccccc7-c7cccc(-c8ccccc8)c7)c6c54)n3)c2)cc1. The molecule has 5 nitrogen and oxygen atoms in total. The summed E-state index contributed by atoms with van der Waals surface area (Å²) in [5.41, 5.74) is 16.3. The van der Waals surface area contributed by atoms with E-state index < -0.39 is 0 Å². The molecule has 68 heavy (non-hydrogen) atoms. The molecule has 0 spiro atoms. The lowest BCUT2D eigenvalue weighted by molar-refractivity contribution is 0.953. The van der Waals surface area contributed by atoms with Gasteiger partial charge in [0.25, 0.3) is 0 Å². The van der Waals surface area contributed by atoms with Crippen molar-refractivity contribution in [2.24, 2.45) is 0 Å². The molecule has 0 aliphatic heterocycles. The highest BCUT2D eigenvalue weighted by Crippen LogP contribution is 2.44. The van der Waals surface area contributed by atoms with Crippen molar-refractivity contribution in [1.82, 2.24) is 24.1 Å². The Morgan fingerprint density at radius 1 is 0.250 bits per heavy atom. The van der Waals surface area contributed by atoms with Crippen LogP contribution in [0.4, 0.5) is 0 Å². The zero-order valence-electron chi connectivity index (χ0n) is 36.9. The van der Waals surface area contributed by atoms with Gasteiger partial charge in [-0.1, -0.05) is 218 Å². The lowest BCUT2D eigenvalue weighted by Gasteiger charge is -2.18. The van der Waals surface area contributed by atoms with Gasteiger partial charge in [-0.3, -0.25) is 4.57 Å². The van der Waals surface area contributed by atoms with Crippen molar-refractivity contribution < 1.29 is 0 Å². The van der Waals surface area contributed by atoms with E-state index in [-0.39, 0.29) is 0 Å². The minimum absolute atomic E-state index is 0.548. The molecule has 0 saturated heterocycles. The summed E-state index contributed by atoms with van der Waals surface area (Å²) >= 11 is 0.